The van der Waals surface area contributed by atoms with Crippen LogP contribution in [0, 0.1) is 0 Å². The zero-order chi connectivity index (χ0) is 24.4. The zero-order valence-corrected chi connectivity index (χ0v) is 20.9. The summed E-state index contributed by atoms with van der Waals surface area (Å²) in [5.41, 5.74) is 6.41. The molecule has 0 saturated heterocycles. The molecule has 0 radical (unpaired) electrons. The molecule has 0 heteroatoms. The van der Waals surface area contributed by atoms with E-state index in [-0.39, 0.29) is 0 Å². The molecule has 40 heavy (non-hydrogen) atoms. The molecule has 13 aromatic carbocycles. The van der Waals surface area contributed by atoms with Crippen molar-refractivity contribution in [3.8, 4) is 0 Å². The highest BCUT2D eigenvalue weighted by atomic mass is 14.5. The number of rotatable bonds is 0. The lowest BCUT2D eigenvalue weighted by molar-refractivity contribution is 0.755. The fourth-order valence-corrected chi connectivity index (χ4v) is 12.1. The summed E-state index contributed by atoms with van der Waals surface area (Å²) in [6, 6.07) is 19.8. The Morgan fingerprint density at radius 2 is 0.725 bits per heavy atom. The molecule has 0 fully saturated rings. The maximum absolute atomic E-state index is 2.57. The predicted octanol–water partition coefficient (Wildman–Crippen LogP) is 11.0. The van der Waals surface area contributed by atoms with Gasteiger partial charge in [-0.15, -0.1) is 0 Å². The standard InChI is InChI=1S/C40H12/c1-2-12-14-5-6-16-18-9-10-20-19-8-7-17-15-4-3-13-11(1)21-22(12)32-24(14)26(16)34-29(18)30(20)35-28(19)27(17)33-25(15)23(13)31(21)36-37(32)39(34)40(35)38(33)36/h1-11,21H. The third-order valence-corrected chi connectivity index (χ3v) is 12.9. The molecule has 3 aliphatic rings. The summed E-state index contributed by atoms with van der Waals surface area (Å²) in [7, 11) is 0. The fraction of sp³-hybridized carbons (Fsp3) is 0.0500. The van der Waals surface area contributed by atoms with Crippen molar-refractivity contribution in [2.75, 3.05) is 0 Å². The fourth-order valence-electron chi connectivity index (χ4n) is 12.1. The normalized spacial score (nSPS) is 20.4. The molecule has 13 aromatic rings. The first-order valence-corrected chi connectivity index (χ1v) is 14.8. The molecular weight excluding hydrogens is 480 g/mol. The highest BCUT2D eigenvalue weighted by Crippen LogP contribution is 2.71. The monoisotopic (exact) mass is 492 g/mol. The summed E-state index contributed by atoms with van der Waals surface area (Å²) >= 11 is 0. The van der Waals surface area contributed by atoms with Gasteiger partial charge in [-0.1, -0.05) is 60.7 Å². The van der Waals surface area contributed by atoms with Crippen LogP contribution in [-0.4, -0.2) is 0 Å². The lowest BCUT2D eigenvalue weighted by Gasteiger charge is -2.27. The Balaban J connectivity index is 1.54. The molecule has 0 N–H and O–H groups in total. The molecular formula is C40H12. The van der Waals surface area contributed by atoms with E-state index in [0.29, 0.717) is 11.8 Å². The SMILES string of the molecule is C1=CC2c3ccc4c5ccc6c7ccc8c9ccc%10c1c1c%11c%10c9c9c8c7c7c6c5c5c4c3c(c3c%11c9c7c35)C12. The lowest BCUT2D eigenvalue weighted by atomic mass is 9.74. The Labute approximate surface area is 223 Å². The van der Waals surface area contributed by atoms with Crippen molar-refractivity contribution in [3.05, 3.63) is 76.9 Å². The van der Waals surface area contributed by atoms with Gasteiger partial charge in [0, 0.05) is 11.8 Å². The maximum atomic E-state index is 2.57. The largest absolute Gasteiger partial charge is 0.0754 e. The molecule has 0 aliphatic heterocycles. The van der Waals surface area contributed by atoms with Crippen LogP contribution in [0.5, 0.6) is 0 Å². The number of fused-ring (bicyclic) bond motifs is 5. The number of hydrogen-bond donors (Lipinski definition) is 0. The summed E-state index contributed by atoms with van der Waals surface area (Å²) in [4.78, 5) is 0. The highest BCUT2D eigenvalue weighted by Gasteiger charge is 2.47. The van der Waals surface area contributed by atoms with Gasteiger partial charge >= 0.3 is 0 Å². The van der Waals surface area contributed by atoms with Gasteiger partial charge in [0.15, 0.2) is 0 Å². The molecule has 3 aliphatic carbocycles. The van der Waals surface area contributed by atoms with Gasteiger partial charge < -0.3 is 0 Å². The van der Waals surface area contributed by atoms with Crippen molar-refractivity contribution in [1.29, 1.82) is 0 Å². The average Bonchev–Trinajstić information content (AvgIpc) is 3.79. The van der Waals surface area contributed by atoms with Crippen molar-refractivity contribution in [2.45, 2.75) is 11.8 Å². The molecule has 172 valence electrons. The van der Waals surface area contributed by atoms with E-state index in [1.54, 1.807) is 108 Å². The van der Waals surface area contributed by atoms with E-state index in [1.165, 1.54) is 43.3 Å². The molecule has 0 saturated carbocycles. The summed E-state index contributed by atoms with van der Waals surface area (Å²) < 4.78 is 0. The predicted molar refractivity (Wildman–Crippen MR) is 171 cm³/mol. The lowest BCUT2D eigenvalue weighted by Crippen LogP contribution is -2.11. The average molecular weight is 493 g/mol. The van der Waals surface area contributed by atoms with Crippen LogP contribution in [0.1, 0.15) is 34.1 Å². The van der Waals surface area contributed by atoms with E-state index in [2.05, 4.69) is 60.7 Å². The second-order valence-electron chi connectivity index (χ2n) is 13.7. The minimum absolute atomic E-state index is 0.450. The number of allylic oxidation sites excluding steroid dienone is 1. The molecule has 0 aromatic heterocycles. The highest BCUT2D eigenvalue weighted by molar-refractivity contribution is 6.65. The van der Waals surface area contributed by atoms with Crippen LogP contribution in [0.25, 0.3) is 135 Å². The van der Waals surface area contributed by atoms with Crippen LogP contribution in [0.4, 0.5) is 0 Å². The van der Waals surface area contributed by atoms with Gasteiger partial charge in [0.1, 0.15) is 0 Å². The molecule has 2 atom stereocenters. The van der Waals surface area contributed by atoms with Crippen LogP contribution in [0.15, 0.2) is 54.6 Å². The third-order valence-electron chi connectivity index (χ3n) is 12.9. The van der Waals surface area contributed by atoms with Crippen molar-refractivity contribution < 1.29 is 0 Å². The van der Waals surface area contributed by atoms with Gasteiger partial charge in [0.25, 0.3) is 0 Å². The van der Waals surface area contributed by atoms with E-state index in [9.17, 15) is 0 Å². The van der Waals surface area contributed by atoms with Crippen LogP contribution in [-0.2, 0) is 0 Å². The molecule has 0 nitrogen and oxygen atoms in total. The van der Waals surface area contributed by atoms with Crippen molar-refractivity contribution in [3.63, 3.8) is 0 Å². The topological polar surface area (TPSA) is 0 Å². The van der Waals surface area contributed by atoms with E-state index >= 15 is 0 Å². The Morgan fingerprint density at radius 1 is 0.325 bits per heavy atom. The van der Waals surface area contributed by atoms with Gasteiger partial charge in [0.05, 0.1) is 0 Å². The van der Waals surface area contributed by atoms with Crippen LogP contribution < -0.4 is 0 Å². The van der Waals surface area contributed by atoms with E-state index in [1.807, 2.05) is 0 Å². The van der Waals surface area contributed by atoms with E-state index < -0.39 is 0 Å². The molecule has 16 rings (SSSR count). The van der Waals surface area contributed by atoms with Crippen LogP contribution >= 0.6 is 0 Å². The van der Waals surface area contributed by atoms with Crippen LogP contribution in [0.2, 0.25) is 0 Å². The van der Waals surface area contributed by atoms with Gasteiger partial charge in [-0.25, -0.2) is 0 Å². The van der Waals surface area contributed by atoms with Crippen molar-refractivity contribution >= 4 is 135 Å². The Bertz CT molecular complexity index is 3400. The zero-order valence-electron chi connectivity index (χ0n) is 20.9. The molecule has 0 bridgehead atoms. The molecule has 0 amide bonds. The summed E-state index contributed by atoms with van der Waals surface area (Å²) in [6.45, 7) is 0. The van der Waals surface area contributed by atoms with E-state index in [4.69, 9.17) is 0 Å². The van der Waals surface area contributed by atoms with Crippen molar-refractivity contribution in [1.82, 2.24) is 0 Å². The first-order chi connectivity index (χ1) is 19.9. The smallest absolute Gasteiger partial charge is 0.0218 e. The quantitative estimate of drug-likeness (QED) is 0.185. The molecule has 0 spiro atoms. The van der Waals surface area contributed by atoms with E-state index in [0.717, 1.165) is 0 Å². The number of hydrogen-bond acceptors (Lipinski definition) is 0. The van der Waals surface area contributed by atoms with Gasteiger partial charge in [-0.3, -0.25) is 0 Å². The Morgan fingerprint density at radius 3 is 1.32 bits per heavy atom. The maximum Gasteiger partial charge on any atom is 0.0218 e. The third kappa shape index (κ3) is 1.05. The molecule has 0 heterocycles. The summed E-state index contributed by atoms with van der Waals surface area (Å²) in [5.74, 6) is 0.904. The van der Waals surface area contributed by atoms with Crippen LogP contribution in [0.3, 0.4) is 0 Å². The second kappa shape index (κ2) is 4.12. The Hall–Kier alpha value is -4.94. The molecule has 2 unspecified atom stereocenters. The summed E-state index contributed by atoms with van der Waals surface area (Å²) in [5, 5.41) is 37.2. The minimum atomic E-state index is 0.450. The van der Waals surface area contributed by atoms with Gasteiger partial charge in [-0.2, -0.15) is 0 Å². The first-order valence-electron chi connectivity index (χ1n) is 14.8. The minimum Gasteiger partial charge on any atom is -0.0754 e. The second-order valence-corrected chi connectivity index (χ2v) is 13.7. The first kappa shape index (κ1) is 16.2. The Kier molecular flexibility index (Phi) is 1.67. The van der Waals surface area contributed by atoms with Crippen molar-refractivity contribution in [2.24, 2.45) is 0 Å². The van der Waals surface area contributed by atoms with Gasteiger partial charge in [-0.05, 0) is 152 Å². The summed E-state index contributed by atoms with van der Waals surface area (Å²) in [6.07, 6.45) is 5.08. The van der Waals surface area contributed by atoms with Gasteiger partial charge in [0.2, 0.25) is 0 Å². The number of benzene rings is 8.